The van der Waals surface area contributed by atoms with Crippen molar-refractivity contribution in [1.82, 2.24) is 0 Å². The smallest absolute Gasteiger partial charge is 0.255 e. The van der Waals surface area contributed by atoms with E-state index in [1.165, 1.54) is 0 Å². The van der Waals surface area contributed by atoms with Crippen LogP contribution in [0.3, 0.4) is 0 Å². The average Bonchev–Trinajstić information content (AvgIpc) is 3.40. The normalized spacial score (nSPS) is 13.4. The van der Waals surface area contributed by atoms with Crippen LogP contribution in [0.2, 0.25) is 0 Å². The Hall–Kier alpha value is -2.66. The maximum atomic E-state index is 12.3. The molecule has 1 aliphatic carbocycles. The van der Waals surface area contributed by atoms with Gasteiger partial charge in [0.15, 0.2) is 0 Å². The van der Waals surface area contributed by atoms with Crippen LogP contribution in [0.15, 0.2) is 48.5 Å². The summed E-state index contributed by atoms with van der Waals surface area (Å²) < 4.78 is 0. The van der Waals surface area contributed by atoms with Gasteiger partial charge in [0.05, 0.1) is 6.61 Å². The third-order valence-electron chi connectivity index (χ3n) is 3.71. The van der Waals surface area contributed by atoms with Gasteiger partial charge in [0.1, 0.15) is 0 Å². The van der Waals surface area contributed by atoms with Crippen molar-refractivity contribution < 1.29 is 14.7 Å². The summed E-state index contributed by atoms with van der Waals surface area (Å²) >= 11 is 0. The minimum atomic E-state index is -0.261. The van der Waals surface area contributed by atoms with Gasteiger partial charge in [0.2, 0.25) is 5.91 Å². The van der Waals surface area contributed by atoms with Gasteiger partial charge in [0.25, 0.3) is 5.91 Å². The van der Waals surface area contributed by atoms with E-state index in [-0.39, 0.29) is 24.3 Å². The summed E-state index contributed by atoms with van der Waals surface area (Å²) in [5.74, 6) is -0.130. The van der Waals surface area contributed by atoms with Crippen molar-refractivity contribution >= 4 is 23.2 Å². The molecule has 0 radical (unpaired) electrons. The van der Waals surface area contributed by atoms with Crippen LogP contribution in [0.25, 0.3) is 0 Å². The predicted octanol–water partition coefficient (Wildman–Crippen LogP) is 2.78. The molecule has 0 aliphatic heterocycles. The van der Waals surface area contributed by atoms with Crippen molar-refractivity contribution in [2.75, 3.05) is 10.6 Å². The molecular weight excluding hydrogens is 292 g/mol. The Morgan fingerprint density at radius 1 is 1.00 bits per heavy atom. The molecule has 3 rings (SSSR count). The molecule has 0 heterocycles. The molecule has 0 unspecified atom stereocenters. The summed E-state index contributed by atoms with van der Waals surface area (Å²) in [5.41, 5.74) is 2.44. The van der Waals surface area contributed by atoms with E-state index in [0.29, 0.717) is 16.9 Å². The summed E-state index contributed by atoms with van der Waals surface area (Å²) in [4.78, 5) is 24.1. The fourth-order valence-electron chi connectivity index (χ4n) is 2.28. The van der Waals surface area contributed by atoms with Crippen LogP contribution in [-0.2, 0) is 11.4 Å². The zero-order chi connectivity index (χ0) is 16.2. The first-order valence-electron chi connectivity index (χ1n) is 7.58. The molecule has 1 aliphatic rings. The van der Waals surface area contributed by atoms with Crippen molar-refractivity contribution in [2.45, 2.75) is 19.4 Å². The van der Waals surface area contributed by atoms with Gasteiger partial charge in [-0.2, -0.15) is 0 Å². The van der Waals surface area contributed by atoms with Crippen LogP contribution in [-0.4, -0.2) is 16.9 Å². The second-order valence-electron chi connectivity index (χ2n) is 5.66. The minimum absolute atomic E-state index is 0.0122. The van der Waals surface area contributed by atoms with Gasteiger partial charge >= 0.3 is 0 Å². The summed E-state index contributed by atoms with van der Waals surface area (Å²) in [6, 6.07) is 13.9. The highest BCUT2D eigenvalue weighted by Gasteiger charge is 2.29. The molecule has 2 aromatic carbocycles. The first kappa shape index (κ1) is 15.2. The van der Waals surface area contributed by atoms with E-state index in [2.05, 4.69) is 10.6 Å². The Balaban J connectivity index is 1.70. The van der Waals surface area contributed by atoms with Crippen molar-refractivity contribution in [3.63, 3.8) is 0 Å². The van der Waals surface area contributed by atoms with Gasteiger partial charge in [-0.15, -0.1) is 0 Å². The average molecular weight is 310 g/mol. The number of hydrogen-bond donors (Lipinski definition) is 3. The van der Waals surface area contributed by atoms with E-state index < -0.39 is 0 Å². The van der Waals surface area contributed by atoms with Crippen molar-refractivity contribution in [1.29, 1.82) is 0 Å². The van der Waals surface area contributed by atoms with E-state index in [9.17, 15) is 9.59 Å². The Morgan fingerprint density at radius 3 is 2.39 bits per heavy atom. The molecule has 2 aromatic rings. The SMILES string of the molecule is O=C(Nc1cccc(CO)c1)c1cccc(NC(=O)C2CC2)c1. The molecule has 5 heteroatoms. The highest BCUT2D eigenvalue weighted by molar-refractivity contribution is 6.05. The van der Waals surface area contributed by atoms with Crippen LogP contribution in [0.4, 0.5) is 11.4 Å². The Morgan fingerprint density at radius 2 is 1.70 bits per heavy atom. The topological polar surface area (TPSA) is 78.4 Å². The summed E-state index contributed by atoms with van der Waals surface area (Å²) in [7, 11) is 0. The number of aliphatic hydroxyl groups excluding tert-OH is 1. The highest BCUT2D eigenvalue weighted by atomic mass is 16.3. The maximum Gasteiger partial charge on any atom is 0.255 e. The van der Waals surface area contributed by atoms with Crippen LogP contribution in [0, 0.1) is 5.92 Å². The number of benzene rings is 2. The quantitative estimate of drug-likeness (QED) is 0.794. The second kappa shape index (κ2) is 6.62. The van der Waals surface area contributed by atoms with E-state index in [1.807, 2.05) is 0 Å². The molecule has 0 aromatic heterocycles. The van der Waals surface area contributed by atoms with E-state index in [4.69, 9.17) is 5.11 Å². The summed E-state index contributed by atoms with van der Waals surface area (Å²) in [5, 5.41) is 14.7. The van der Waals surface area contributed by atoms with E-state index in [1.54, 1.807) is 48.5 Å². The van der Waals surface area contributed by atoms with Crippen molar-refractivity contribution in [2.24, 2.45) is 5.92 Å². The number of anilines is 2. The largest absolute Gasteiger partial charge is 0.392 e. The van der Waals surface area contributed by atoms with Crippen molar-refractivity contribution in [3.8, 4) is 0 Å². The van der Waals surface area contributed by atoms with Gasteiger partial charge in [-0.1, -0.05) is 18.2 Å². The fraction of sp³-hybridized carbons (Fsp3) is 0.222. The lowest BCUT2D eigenvalue weighted by molar-refractivity contribution is -0.117. The molecule has 23 heavy (non-hydrogen) atoms. The molecule has 1 fully saturated rings. The lowest BCUT2D eigenvalue weighted by Gasteiger charge is -2.09. The molecule has 118 valence electrons. The van der Waals surface area contributed by atoms with Crippen LogP contribution in [0.5, 0.6) is 0 Å². The monoisotopic (exact) mass is 310 g/mol. The molecule has 2 amide bonds. The van der Waals surface area contributed by atoms with Gasteiger partial charge in [-0.25, -0.2) is 0 Å². The summed E-state index contributed by atoms with van der Waals surface area (Å²) in [6.45, 7) is -0.0770. The first-order valence-corrected chi connectivity index (χ1v) is 7.58. The Labute approximate surface area is 134 Å². The third-order valence-corrected chi connectivity index (χ3v) is 3.71. The number of carbonyl (C=O) groups is 2. The predicted molar refractivity (Wildman–Crippen MR) is 88.1 cm³/mol. The lowest BCUT2D eigenvalue weighted by Crippen LogP contribution is -2.15. The number of rotatable bonds is 5. The standard InChI is InChI=1S/C18H18N2O3/c21-11-12-3-1-5-15(9-12)19-18(23)14-4-2-6-16(10-14)20-17(22)13-7-8-13/h1-6,9-10,13,21H,7-8,11H2,(H,19,23)(H,20,22). The molecule has 3 N–H and O–H groups in total. The fourth-order valence-corrected chi connectivity index (χ4v) is 2.28. The molecule has 0 saturated heterocycles. The number of amides is 2. The highest BCUT2D eigenvalue weighted by Crippen LogP contribution is 2.30. The van der Waals surface area contributed by atoms with Gasteiger partial charge in [-0.05, 0) is 48.7 Å². The molecule has 0 spiro atoms. The van der Waals surface area contributed by atoms with Gasteiger partial charge < -0.3 is 15.7 Å². The number of nitrogens with one attached hydrogen (secondary N) is 2. The molecular formula is C18H18N2O3. The number of hydrogen-bond acceptors (Lipinski definition) is 3. The van der Waals surface area contributed by atoms with Crippen LogP contribution < -0.4 is 10.6 Å². The Kier molecular flexibility index (Phi) is 4.39. The first-order chi connectivity index (χ1) is 11.2. The molecule has 0 atom stereocenters. The van der Waals surface area contributed by atoms with Gasteiger partial charge in [0, 0.05) is 22.9 Å². The molecule has 5 nitrogen and oxygen atoms in total. The van der Waals surface area contributed by atoms with Crippen molar-refractivity contribution in [3.05, 3.63) is 59.7 Å². The lowest BCUT2D eigenvalue weighted by atomic mass is 10.1. The van der Waals surface area contributed by atoms with Crippen LogP contribution >= 0.6 is 0 Å². The minimum Gasteiger partial charge on any atom is -0.392 e. The Bertz CT molecular complexity index is 739. The molecule has 1 saturated carbocycles. The van der Waals surface area contributed by atoms with E-state index >= 15 is 0 Å². The number of aliphatic hydroxyl groups is 1. The van der Waals surface area contributed by atoms with Gasteiger partial charge in [-0.3, -0.25) is 9.59 Å². The second-order valence-corrected chi connectivity index (χ2v) is 5.66. The maximum absolute atomic E-state index is 12.3. The summed E-state index contributed by atoms with van der Waals surface area (Å²) in [6.07, 6.45) is 1.88. The van der Waals surface area contributed by atoms with Crippen LogP contribution in [0.1, 0.15) is 28.8 Å². The molecule has 0 bridgehead atoms. The zero-order valence-electron chi connectivity index (χ0n) is 12.6. The third kappa shape index (κ3) is 3.96. The van der Waals surface area contributed by atoms with E-state index in [0.717, 1.165) is 18.4 Å². The zero-order valence-corrected chi connectivity index (χ0v) is 12.6. The number of carbonyl (C=O) groups excluding carboxylic acids is 2.